The van der Waals surface area contributed by atoms with Gasteiger partial charge in [0.25, 0.3) is 6.02 Å². The highest BCUT2D eigenvalue weighted by atomic mass is 16.5. The number of benzene rings is 3. The van der Waals surface area contributed by atoms with Crippen LogP contribution in [0, 0.1) is 6.92 Å². The summed E-state index contributed by atoms with van der Waals surface area (Å²) in [6.45, 7) is 4.12. The first-order valence-corrected chi connectivity index (χ1v) is 11.1. The van der Waals surface area contributed by atoms with Gasteiger partial charge in [0.2, 0.25) is 0 Å². The van der Waals surface area contributed by atoms with Gasteiger partial charge in [-0.3, -0.25) is 0 Å². The van der Waals surface area contributed by atoms with E-state index in [9.17, 15) is 0 Å². The third-order valence-electron chi connectivity index (χ3n) is 6.15. The molecule has 1 fully saturated rings. The minimum atomic E-state index is 0.230. The van der Waals surface area contributed by atoms with Crippen molar-refractivity contribution in [3.63, 3.8) is 0 Å². The molecule has 0 spiro atoms. The van der Waals surface area contributed by atoms with E-state index < -0.39 is 0 Å². The summed E-state index contributed by atoms with van der Waals surface area (Å²) in [6.07, 6.45) is 1.83. The SMILES string of the molecule is COc1cc2c(cc1OCc1ccccc1)CCN1C(=Nc3ccc(C)cc3)OCCC21. The summed E-state index contributed by atoms with van der Waals surface area (Å²) in [6, 6.07) is 23.7. The molecule has 0 saturated carbocycles. The Morgan fingerprint density at radius 3 is 2.62 bits per heavy atom. The predicted molar refractivity (Wildman–Crippen MR) is 126 cm³/mol. The van der Waals surface area contributed by atoms with Gasteiger partial charge < -0.3 is 19.1 Å². The minimum absolute atomic E-state index is 0.230. The standard InChI is InChI=1S/C27H28N2O3/c1-19-8-10-22(11-9-19)28-27-29-14-12-21-16-26(32-18-20-6-4-3-5-7-20)25(30-2)17-23(21)24(29)13-15-31-27/h3-11,16-17,24H,12-15,18H2,1-2H3. The molecule has 1 atom stereocenters. The monoisotopic (exact) mass is 428 g/mol. The fourth-order valence-electron chi connectivity index (χ4n) is 4.43. The maximum atomic E-state index is 6.14. The number of methoxy groups -OCH3 is 1. The highest BCUT2D eigenvalue weighted by molar-refractivity contribution is 5.79. The Labute approximate surface area is 189 Å². The molecule has 2 aliphatic heterocycles. The van der Waals surface area contributed by atoms with Gasteiger partial charge in [-0.15, -0.1) is 0 Å². The van der Waals surface area contributed by atoms with E-state index in [1.54, 1.807) is 7.11 Å². The zero-order chi connectivity index (χ0) is 21.9. The summed E-state index contributed by atoms with van der Waals surface area (Å²) < 4.78 is 17.8. The van der Waals surface area contributed by atoms with E-state index in [-0.39, 0.29) is 6.04 Å². The van der Waals surface area contributed by atoms with E-state index in [1.165, 1.54) is 16.7 Å². The molecule has 1 unspecified atom stereocenters. The number of aryl methyl sites for hydroxylation is 1. The number of rotatable bonds is 5. The number of fused-ring (bicyclic) bond motifs is 3. The normalized spacial score (nSPS) is 18.5. The second-order valence-electron chi connectivity index (χ2n) is 8.30. The van der Waals surface area contributed by atoms with Gasteiger partial charge in [0, 0.05) is 13.0 Å². The molecule has 0 aromatic heterocycles. The van der Waals surface area contributed by atoms with Crippen LogP contribution in [0.4, 0.5) is 5.69 Å². The van der Waals surface area contributed by atoms with Gasteiger partial charge in [0.1, 0.15) is 6.61 Å². The van der Waals surface area contributed by atoms with Gasteiger partial charge in [-0.05, 0) is 54.3 Å². The minimum Gasteiger partial charge on any atom is -0.493 e. The van der Waals surface area contributed by atoms with Gasteiger partial charge in [-0.2, -0.15) is 4.99 Å². The van der Waals surface area contributed by atoms with Crippen LogP contribution in [0.25, 0.3) is 0 Å². The Balaban J connectivity index is 1.41. The first kappa shape index (κ1) is 20.4. The second kappa shape index (κ2) is 8.95. The molecule has 0 N–H and O–H groups in total. The van der Waals surface area contributed by atoms with Gasteiger partial charge in [-0.25, -0.2) is 0 Å². The molecule has 5 rings (SSSR count). The molecule has 5 heteroatoms. The lowest BCUT2D eigenvalue weighted by atomic mass is 9.90. The van der Waals surface area contributed by atoms with Crippen molar-refractivity contribution in [1.82, 2.24) is 4.90 Å². The molecule has 1 saturated heterocycles. The van der Waals surface area contributed by atoms with E-state index in [4.69, 9.17) is 19.2 Å². The molecule has 0 bridgehead atoms. The lowest BCUT2D eigenvalue weighted by molar-refractivity contribution is 0.118. The van der Waals surface area contributed by atoms with Crippen LogP contribution >= 0.6 is 0 Å². The fraction of sp³-hybridized carbons (Fsp3) is 0.296. The van der Waals surface area contributed by atoms with Crippen molar-refractivity contribution in [1.29, 1.82) is 0 Å². The Morgan fingerprint density at radius 1 is 1.03 bits per heavy atom. The van der Waals surface area contributed by atoms with Crippen molar-refractivity contribution in [2.45, 2.75) is 32.4 Å². The summed E-state index contributed by atoms with van der Waals surface area (Å²) in [7, 11) is 1.70. The molecule has 3 aromatic rings. The molecule has 5 nitrogen and oxygen atoms in total. The van der Waals surface area contributed by atoms with Gasteiger partial charge in [0.15, 0.2) is 11.5 Å². The smallest absolute Gasteiger partial charge is 0.293 e. The van der Waals surface area contributed by atoms with Crippen LogP contribution in [-0.2, 0) is 17.8 Å². The van der Waals surface area contributed by atoms with Crippen molar-refractivity contribution in [2.24, 2.45) is 4.99 Å². The van der Waals surface area contributed by atoms with E-state index in [2.05, 4.69) is 48.2 Å². The molecule has 3 aromatic carbocycles. The maximum Gasteiger partial charge on any atom is 0.293 e. The summed E-state index contributed by atoms with van der Waals surface area (Å²) in [5.41, 5.74) is 5.87. The summed E-state index contributed by atoms with van der Waals surface area (Å²) in [5, 5.41) is 0. The average molecular weight is 429 g/mol. The highest BCUT2D eigenvalue weighted by Gasteiger charge is 2.35. The molecular formula is C27H28N2O3. The first-order chi connectivity index (χ1) is 15.7. The largest absolute Gasteiger partial charge is 0.493 e. The number of ether oxygens (including phenoxy) is 3. The molecule has 0 aliphatic carbocycles. The van der Waals surface area contributed by atoms with E-state index >= 15 is 0 Å². The highest BCUT2D eigenvalue weighted by Crippen LogP contribution is 2.41. The van der Waals surface area contributed by atoms with Gasteiger partial charge >= 0.3 is 0 Å². The summed E-state index contributed by atoms with van der Waals surface area (Å²) >= 11 is 0. The molecule has 2 heterocycles. The molecule has 32 heavy (non-hydrogen) atoms. The van der Waals surface area contributed by atoms with Crippen LogP contribution in [0.5, 0.6) is 11.5 Å². The lowest BCUT2D eigenvalue weighted by Crippen LogP contribution is -2.45. The Kier molecular flexibility index (Phi) is 5.71. The Bertz CT molecular complexity index is 1110. The summed E-state index contributed by atoms with van der Waals surface area (Å²) in [4.78, 5) is 7.09. The van der Waals surface area contributed by atoms with Crippen molar-refractivity contribution >= 4 is 11.7 Å². The zero-order valence-electron chi connectivity index (χ0n) is 18.6. The zero-order valence-corrected chi connectivity index (χ0v) is 18.6. The van der Waals surface area contributed by atoms with Crippen molar-refractivity contribution in [3.05, 3.63) is 89.0 Å². The average Bonchev–Trinajstić information content (AvgIpc) is 2.84. The van der Waals surface area contributed by atoms with Crippen LogP contribution in [0.3, 0.4) is 0 Å². The summed E-state index contributed by atoms with van der Waals surface area (Å²) in [5.74, 6) is 1.56. The van der Waals surface area contributed by atoms with Gasteiger partial charge in [-0.1, -0.05) is 48.0 Å². The Morgan fingerprint density at radius 2 is 1.84 bits per heavy atom. The predicted octanol–water partition coefficient (Wildman–Crippen LogP) is 5.59. The topological polar surface area (TPSA) is 43.3 Å². The van der Waals surface area contributed by atoms with E-state index in [0.29, 0.717) is 19.2 Å². The number of hydrogen-bond donors (Lipinski definition) is 0. The van der Waals surface area contributed by atoms with Crippen LogP contribution < -0.4 is 9.47 Å². The van der Waals surface area contributed by atoms with Gasteiger partial charge in [0.05, 0.1) is 25.4 Å². The van der Waals surface area contributed by atoms with Crippen LogP contribution in [0.2, 0.25) is 0 Å². The number of amidine groups is 1. The number of hydrogen-bond acceptors (Lipinski definition) is 4. The van der Waals surface area contributed by atoms with Crippen LogP contribution in [0.1, 0.15) is 34.7 Å². The number of nitrogens with zero attached hydrogens (tertiary/aromatic N) is 2. The maximum absolute atomic E-state index is 6.14. The fourth-order valence-corrected chi connectivity index (χ4v) is 4.43. The molecular weight excluding hydrogens is 400 g/mol. The number of aliphatic imine (C=N–C) groups is 1. The molecule has 0 radical (unpaired) electrons. The molecule has 2 aliphatic rings. The van der Waals surface area contributed by atoms with Crippen LogP contribution in [-0.4, -0.2) is 31.2 Å². The van der Waals surface area contributed by atoms with E-state index in [0.717, 1.165) is 42.1 Å². The van der Waals surface area contributed by atoms with Crippen molar-refractivity contribution < 1.29 is 14.2 Å². The molecule has 0 amide bonds. The van der Waals surface area contributed by atoms with Crippen LogP contribution in [0.15, 0.2) is 71.7 Å². The third kappa shape index (κ3) is 4.15. The first-order valence-electron chi connectivity index (χ1n) is 11.1. The lowest BCUT2D eigenvalue weighted by Gasteiger charge is -2.42. The quantitative estimate of drug-likeness (QED) is 0.531. The van der Waals surface area contributed by atoms with E-state index in [1.807, 2.05) is 30.3 Å². The third-order valence-corrected chi connectivity index (χ3v) is 6.15. The second-order valence-corrected chi connectivity index (χ2v) is 8.30. The van der Waals surface area contributed by atoms with Crippen molar-refractivity contribution in [2.75, 3.05) is 20.3 Å². The Hall–Kier alpha value is -3.47. The molecule has 164 valence electrons. The van der Waals surface area contributed by atoms with Crippen molar-refractivity contribution in [3.8, 4) is 11.5 Å².